The lowest BCUT2D eigenvalue weighted by Gasteiger charge is -2.02. The quantitative estimate of drug-likeness (QED) is 0.796. The molecule has 3 nitrogen and oxygen atoms in total. The van der Waals surface area contributed by atoms with Crippen LogP contribution in [0.5, 0.6) is 0 Å². The van der Waals surface area contributed by atoms with Gasteiger partial charge in [-0.3, -0.25) is 0 Å². The molecule has 2 N–H and O–H groups in total. The highest BCUT2D eigenvalue weighted by molar-refractivity contribution is 7.09. The Morgan fingerprint density at radius 1 is 1.42 bits per heavy atom. The minimum absolute atomic E-state index is 0.156. The van der Waals surface area contributed by atoms with Crippen molar-refractivity contribution in [2.24, 2.45) is 5.73 Å². The molecule has 2 aromatic heterocycles. The van der Waals surface area contributed by atoms with Crippen LogP contribution in [-0.2, 0) is 0 Å². The van der Waals surface area contributed by atoms with Crippen LogP contribution >= 0.6 is 22.7 Å². The number of rotatable bonds is 2. The summed E-state index contributed by atoms with van der Waals surface area (Å²) >= 11 is 3.11. The normalized spacial score (nSPS) is 13.1. The van der Waals surface area contributed by atoms with Crippen LogP contribution in [0.1, 0.15) is 16.7 Å². The van der Waals surface area contributed by atoms with Crippen LogP contribution in [0.2, 0.25) is 0 Å². The summed E-state index contributed by atoms with van der Waals surface area (Å²) in [6.07, 6.45) is 1.76. The maximum atomic E-state index is 5.90. The molecule has 0 aromatic carbocycles. The van der Waals surface area contributed by atoms with Crippen LogP contribution in [-0.4, -0.2) is 9.97 Å². The van der Waals surface area contributed by atoms with Crippen LogP contribution in [0.25, 0.3) is 0 Å². The van der Waals surface area contributed by atoms with Crippen molar-refractivity contribution in [3.05, 3.63) is 33.2 Å². The van der Waals surface area contributed by atoms with Gasteiger partial charge in [0.2, 0.25) is 0 Å². The van der Waals surface area contributed by atoms with Crippen molar-refractivity contribution in [2.45, 2.75) is 6.04 Å². The van der Waals surface area contributed by atoms with Gasteiger partial charge in [-0.15, -0.1) is 22.7 Å². The van der Waals surface area contributed by atoms with Gasteiger partial charge in [-0.05, 0) is 0 Å². The second kappa shape index (κ2) is 3.30. The van der Waals surface area contributed by atoms with Crippen molar-refractivity contribution < 1.29 is 0 Å². The summed E-state index contributed by atoms with van der Waals surface area (Å²) in [6, 6.07) is -0.156. The van der Waals surface area contributed by atoms with E-state index >= 15 is 0 Å². The van der Waals surface area contributed by atoms with E-state index in [1.807, 2.05) is 10.8 Å². The molecule has 0 aliphatic rings. The molecular formula is C7H7N3S2. The third kappa shape index (κ3) is 1.38. The molecule has 0 aliphatic carbocycles. The molecule has 0 amide bonds. The van der Waals surface area contributed by atoms with Gasteiger partial charge in [0.05, 0.1) is 11.2 Å². The Kier molecular flexibility index (Phi) is 2.16. The van der Waals surface area contributed by atoms with Crippen LogP contribution < -0.4 is 5.73 Å². The summed E-state index contributed by atoms with van der Waals surface area (Å²) in [7, 11) is 0. The van der Waals surface area contributed by atoms with Crippen molar-refractivity contribution in [2.75, 3.05) is 0 Å². The second-order valence-electron chi connectivity index (χ2n) is 2.26. The highest BCUT2D eigenvalue weighted by atomic mass is 32.1. The summed E-state index contributed by atoms with van der Waals surface area (Å²) < 4.78 is 0. The summed E-state index contributed by atoms with van der Waals surface area (Å²) in [4.78, 5) is 8.26. The third-order valence-electron chi connectivity index (χ3n) is 1.49. The molecule has 2 heterocycles. The monoisotopic (exact) mass is 197 g/mol. The van der Waals surface area contributed by atoms with Crippen LogP contribution in [0.15, 0.2) is 22.5 Å². The molecule has 0 saturated heterocycles. The largest absolute Gasteiger partial charge is 0.317 e. The molecule has 2 aromatic rings. The Labute approximate surface area is 77.9 Å². The van der Waals surface area contributed by atoms with Gasteiger partial charge in [0.15, 0.2) is 0 Å². The van der Waals surface area contributed by atoms with E-state index in [1.165, 1.54) is 0 Å². The molecule has 0 spiro atoms. The molecule has 62 valence electrons. The van der Waals surface area contributed by atoms with E-state index in [0.717, 1.165) is 10.7 Å². The summed E-state index contributed by atoms with van der Waals surface area (Å²) in [5.74, 6) is 0. The first-order chi connectivity index (χ1) is 5.88. The van der Waals surface area contributed by atoms with Gasteiger partial charge in [0.1, 0.15) is 11.0 Å². The van der Waals surface area contributed by atoms with Gasteiger partial charge in [-0.2, -0.15) is 0 Å². The van der Waals surface area contributed by atoms with E-state index in [-0.39, 0.29) is 6.04 Å². The number of nitrogens with two attached hydrogens (primary N) is 1. The predicted octanol–water partition coefficient (Wildman–Crippen LogP) is 1.65. The zero-order valence-electron chi connectivity index (χ0n) is 6.18. The maximum Gasteiger partial charge on any atom is 0.115 e. The highest BCUT2D eigenvalue weighted by Crippen LogP contribution is 2.20. The second-order valence-corrected chi connectivity index (χ2v) is 3.91. The van der Waals surface area contributed by atoms with E-state index in [1.54, 1.807) is 34.4 Å². The smallest absolute Gasteiger partial charge is 0.115 e. The predicted molar refractivity (Wildman–Crippen MR) is 50.3 cm³/mol. The Hall–Kier alpha value is -0.780. The molecule has 5 heteroatoms. The Balaban J connectivity index is 2.27. The van der Waals surface area contributed by atoms with E-state index in [0.29, 0.717) is 0 Å². The average Bonchev–Trinajstić information content (AvgIpc) is 2.77. The molecule has 1 atom stereocenters. The maximum absolute atomic E-state index is 5.90. The number of hydrogen-bond donors (Lipinski definition) is 1. The molecular weight excluding hydrogens is 190 g/mol. The topological polar surface area (TPSA) is 51.8 Å². The SMILES string of the molecule is NC(c1cscn1)c1nccs1. The minimum atomic E-state index is -0.156. The number of hydrogen-bond acceptors (Lipinski definition) is 5. The molecule has 2 rings (SSSR count). The fourth-order valence-corrected chi connectivity index (χ4v) is 2.13. The van der Waals surface area contributed by atoms with E-state index in [9.17, 15) is 0 Å². The lowest BCUT2D eigenvalue weighted by Crippen LogP contribution is -2.11. The van der Waals surface area contributed by atoms with Gasteiger partial charge in [0.25, 0.3) is 0 Å². The first kappa shape index (κ1) is 7.85. The molecule has 0 radical (unpaired) electrons. The summed E-state index contributed by atoms with van der Waals surface area (Å²) in [5.41, 5.74) is 8.58. The van der Waals surface area contributed by atoms with E-state index in [4.69, 9.17) is 5.73 Å². The van der Waals surface area contributed by atoms with Crippen LogP contribution in [0.4, 0.5) is 0 Å². The standard InChI is InChI=1S/C7H7N3S2/c8-6(5-3-11-4-10-5)7-9-1-2-12-7/h1-4,6H,8H2. The Morgan fingerprint density at radius 2 is 2.33 bits per heavy atom. The van der Waals surface area contributed by atoms with E-state index in [2.05, 4.69) is 9.97 Å². The van der Waals surface area contributed by atoms with Crippen molar-refractivity contribution in [1.29, 1.82) is 0 Å². The van der Waals surface area contributed by atoms with Crippen molar-refractivity contribution in [1.82, 2.24) is 9.97 Å². The van der Waals surface area contributed by atoms with Crippen molar-refractivity contribution in [3.63, 3.8) is 0 Å². The number of thiazole rings is 2. The number of aromatic nitrogens is 2. The molecule has 0 fully saturated rings. The fraction of sp³-hybridized carbons (Fsp3) is 0.143. The van der Waals surface area contributed by atoms with Gasteiger partial charge in [0, 0.05) is 17.0 Å². The highest BCUT2D eigenvalue weighted by Gasteiger charge is 2.12. The van der Waals surface area contributed by atoms with Gasteiger partial charge < -0.3 is 5.73 Å². The van der Waals surface area contributed by atoms with Crippen LogP contribution in [0.3, 0.4) is 0 Å². The Bertz CT molecular complexity index is 293. The van der Waals surface area contributed by atoms with E-state index < -0.39 is 0 Å². The average molecular weight is 197 g/mol. The van der Waals surface area contributed by atoms with Gasteiger partial charge in [-0.25, -0.2) is 9.97 Å². The Morgan fingerprint density at radius 3 is 2.92 bits per heavy atom. The fourth-order valence-electron chi connectivity index (χ4n) is 0.890. The molecule has 0 bridgehead atoms. The zero-order valence-corrected chi connectivity index (χ0v) is 7.81. The summed E-state index contributed by atoms with van der Waals surface area (Å²) in [6.45, 7) is 0. The molecule has 0 aliphatic heterocycles. The van der Waals surface area contributed by atoms with Crippen molar-refractivity contribution >= 4 is 22.7 Å². The third-order valence-corrected chi connectivity index (χ3v) is 2.95. The van der Waals surface area contributed by atoms with Crippen LogP contribution in [0, 0.1) is 0 Å². The first-order valence-electron chi connectivity index (χ1n) is 3.41. The molecule has 12 heavy (non-hydrogen) atoms. The molecule has 0 saturated carbocycles. The van der Waals surface area contributed by atoms with Gasteiger partial charge in [-0.1, -0.05) is 0 Å². The lowest BCUT2D eigenvalue weighted by atomic mass is 10.2. The number of nitrogens with zero attached hydrogens (tertiary/aromatic N) is 2. The van der Waals surface area contributed by atoms with Crippen molar-refractivity contribution in [3.8, 4) is 0 Å². The zero-order chi connectivity index (χ0) is 8.39. The molecule has 1 unspecified atom stereocenters. The minimum Gasteiger partial charge on any atom is -0.317 e. The summed E-state index contributed by atoms with van der Waals surface area (Å²) in [5, 5.41) is 4.79. The van der Waals surface area contributed by atoms with Gasteiger partial charge >= 0.3 is 0 Å². The first-order valence-corrected chi connectivity index (χ1v) is 5.23. The lowest BCUT2D eigenvalue weighted by molar-refractivity contribution is 0.827.